The van der Waals surface area contributed by atoms with Crippen molar-refractivity contribution in [3.05, 3.63) is 298 Å². The molecule has 4 amide bonds. The highest BCUT2D eigenvalue weighted by Gasteiger charge is 2.40. The van der Waals surface area contributed by atoms with E-state index < -0.39 is 22.7 Å². The fraction of sp³-hybridized carbons (Fsp3) is 0.212. The Morgan fingerprint density at radius 1 is 0.375 bits per heavy atom. The number of anilines is 14. The summed E-state index contributed by atoms with van der Waals surface area (Å²) in [5.41, 5.74) is 25.5. The van der Waals surface area contributed by atoms with Crippen LogP contribution >= 0.6 is 23.2 Å². The summed E-state index contributed by atoms with van der Waals surface area (Å²) in [6, 6.07) is 58.0. The summed E-state index contributed by atoms with van der Waals surface area (Å²) >= 11 is 11.0. The smallest absolute Gasteiger partial charge is 0.258 e. The Hall–Kier alpha value is -15.7. The first-order chi connectivity index (χ1) is 65.7. The summed E-state index contributed by atoms with van der Waals surface area (Å²) in [7, 11) is 14.2. The summed E-state index contributed by atoms with van der Waals surface area (Å²) < 4.78 is 111. The molecule has 12 aromatic rings. The summed E-state index contributed by atoms with van der Waals surface area (Å²) in [4.78, 5) is 79.5. The number of pyridine rings is 3. The molecule has 0 saturated heterocycles. The molecule has 136 heavy (non-hydrogen) atoms. The Morgan fingerprint density at radius 3 is 1.03 bits per heavy atom. The minimum Gasteiger partial charge on any atom is -0.497 e. The first-order valence-electron chi connectivity index (χ1n) is 41.9. The zero-order valence-corrected chi connectivity index (χ0v) is 77.4. The van der Waals surface area contributed by atoms with Crippen LogP contribution < -0.4 is 91.7 Å². The molecule has 37 heteroatoms. The Kier molecular flexibility index (Phi) is 36.5. The molecule has 12 N–H and O–H groups in total. The van der Waals surface area contributed by atoms with Crippen LogP contribution in [-0.2, 0) is 63.1 Å². The maximum absolute atomic E-state index is 16.2. The number of nitrogen functional groups attached to an aromatic ring is 3. The molecule has 0 saturated carbocycles. The van der Waals surface area contributed by atoms with Gasteiger partial charge in [0.1, 0.15) is 88.4 Å². The maximum atomic E-state index is 16.2. The lowest BCUT2D eigenvalue weighted by molar-refractivity contribution is -0.112. The number of nitrogens with zero attached hydrogens (tertiary/aromatic N) is 6. The van der Waals surface area contributed by atoms with Crippen molar-refractivity contribution >= 4 is 132 Å². The SMILES string of the molecule is C=CC(=O)Cl.C=CC(=O)Nc1cccc(Nc2nc(Nc3ccc(OCCOC)cc3)c3c(c2F)CN(Cc2ccc(OC)cc2OC)C3=O)c1.COCCOc1ccc(N)cc1.COCCOc1ccc(Nc2nc(Nc3cccc(N)c3)c(F)c3c2C(=O)N(Cc2ccc(OC)cc2OC)C3)cc1.COc1ccc(CN2Cc3c(F)c(Nc4cccc(N)c4)nc(Cl)c3C2=O)c(OC)c1. The zero-order valence-electron chi connectivity index (χ0n) is 75.9. The van der Waals surface area contributed by atoms with Crippen LogP contribution in [0.25, 0.3) is 0 Å². The van der Waals surface area contributed by atoms with Gasteiger partial charge in [-0.2, -0.15) is 0 Å². The van der Waals surface area contributed by atoms with Gasteiger partial charge in [-0.15, -0.1) is 0 Å². The third kappa shape index (κ3) is 26.8. The largest absolute Gasteiger partial charge is 0.497 e. The van der Waals surface area contributed by atoms with Crippen LogP contribution in [0.1, 0.15) is 64.5 Å². The average Bonchev–Trinajstić information content (AvgIpc) is 1.61. The van der Waals surface area contributed by atoms with E-state index in [0.717, 1.165) is 40.3 Å². The predicted octanol–water partition coefficient (Wildman–Crippen LogP) is 18.1. The molecule has 9 aromatic carbocycles. The van der Waals surface area contributed by atoms with E-state index in [0.29, 0.717) is 131 Å². The first kappa shape index (κ1) is 101. The number of allylic oxidation sites excluding steroid dienone is 1. The molecular weight excluding hydrogens is 1800 g/mol. The van der Waals surface area contributed by atoms with E-state index in [1.54, 1.807) is 218 Å². The van der Waals surface area contributed by atoms with Crippen LogP contribution in [0.4, 0.5) is 93.4 Å². The monoisotopic (exact) mass is 1900 g/mol. The lowest BCUT2D eigenvalue weighted by Gasteiger charge is -2.18. The number of hydrogen-bond acceptors (Lipinski definition) is 28. The molecule has 710 valence electrons. The van der Waals surface area contributed by atoms with Crippen molar-refractivity contribution in [1.29, 1.82) is 0 Å². The average molecular weight is 1900 g/mol. The first-order valence-corrected chi connectivity index (χ1v) is 42.6. The van der Waals surface area contributed by atoms with E-state index in [1.165, 1.54) is 24.0 Å². The lowest BCUT2D eigenvalue weighted by atomic mass is 10.1. The number of rotatable bonds is 37. The van der Waals surface area contributed by atoms with Crippen LogP contribution in [0.5, 0.6) is 51.7 Å². The van der Waals surface area contributed by atoms with Gasteiger partial charge in [-0.25, -0.2) is 28.1 Å². The molecule has 0 unspecified atom stereocenters. The number of carbonyl (C=O) groups excluding carboxylic acids is 5. The van der Waals surface area contributed by atoms with E-state index >= 15 is 13.2 Å². The van der Waals surface area contributed by atoms with E-state index in [1.807, 2.05) is 36.4 Å². The number of methoxy groups -OCH3 is 9. The Balaban J connectivity index is 0.000000182. The fourth-order valence-corrected chi connectivity index (χ4v) is 14.2. The third-order valence-corrected chi connectivity index (χ3v) is 21.0. The van der Waals surface area contributed by atoms with Gasteiger partial charge in [-0.3, -0.25) is 24.0 Å². The maximum Gasteiger partial charge on any atom is 0.258 e. The van der Waals surface area contributed by atoms with Crippen LogP contribution in [0.3, 0.4) is 0 Å². The summed E-state index contributed by atoms with van der Waals surface area (Å²) in [5.74, 6) is 2.45. The molecule has 3 aromatic heterocycles. The highest BCUT2D eigenvalue weighted by molar-refractivity contribution is 6.66. The highest BCUT2D eigenvalue weighted by Crippen LogP contribution is 2.43. The van der Waals surface area contributed by atoms with E-state index in [9.17, 15) is 24.0 Å². The molecule has 32 nitrogen and oxygen atoms in total. The Bertz CT molecular complexity index is 6240. The molecule has 3 aliphatic rings. The molecule has 6 heterocycles. The topological polar surface area (TPSA) is 395 Å². The molecule has 3 aliphatic heterocycles. The number of hydrogen-bond donors (Lipinski definition) is 9. The Labute approximate surface area is 793 Å². The number of amides is 4. The van der Waals surface area contributed by atoms with Crippen molar-refractivity contribution in [2.45, 2.75) is 39.3 Å². The molecule has 15 rings (SSSR count). The quantitative estimate of drug-likeness (QED) is 0.00574. The second kappa shape index (κ2) is 49.2. The Morgan fingerprint density at radius 2 is 0.691 bits per heavy atom. The standard InChI is InChI=1S/C34H34FN5O6.C31H32FN5O5.C22H20ClFN4O3.C9H13NO2.C3H3ClO/c1-5-29(41)36-23-7-6-8-24(17-23)38-33-31(35)27-20-40(19-21-9-12-26(44-3)18-28(21)45-4)34(42)30(27)32(39-33)37-22-10-13-25(14-11-22)46-16-15-43-2;1-39-13-14-42-23-11-8-21(9-12-23)34-29-27-25(28(32)30(36-29)35-22-6-4-5-20(33)15-22)18-37(31(27)38)17-19-7-10-24(40-2)16-26(19)41-3;1-30-15-7-6-12(17(9-15)31-2)10-28-11-16-18(22(28)29)20(23)27-21(19(16)24)26-14-5-3-4-13(25)8-14;1-11-6-7-12-9-4-2-8(10)3-5-9;1-2-3(4)5/h5-14,17-18H,1,15-16,19-20H2,2-4H3,(H,36,41)(H2,37,38,39);4-12,15-16H,13-14,17-18,33H2,1-3H3,(H2,34,35,36);3-9H,10-11,25H2,1-2H3,(H,26,27);2-5H,6-7,10H2,1H3;2H,1H2. The lowest BCUT2D eigenvalue weighted by Crippen LogP contribution is -2.24. The van der Waals surface area contributed by atoms with E-state index in [2.05, 4.69) is 60.0 Å². The van der Waals surface area contributed by atoms with Crippen molar-refractivity contribution in [3.63, 3.8) is 0 Å². The molecule has 0 fully saturated rings. The molecule has 0 radical (unpaired) electrons. The second-order valence-electron chi connectivity index (χ2n) is 29.7. The molecule has 0 bridgehead atoms. The van der Waals surface area contributed by atoms with Crippen molar-refractivity contribution in [2.24, 2.45) is 0 Å². The van der Waals surface area contributed by atoms with Gasteiger partial charge < -0.3 is 121 Å². The number of nitrogens with two attached hydrogens (primary N) is 3. The molecule has 0 atom stereocenters. The van der Waals surface area contributed by atoms with Gasteiger partial charge in [0.25, 0.3) is 17.7 Å². The minimum absolute atomic E-state index is 0.00275. The van der Waals surface area contributed by atoms with Crippen LogP contribution in [0.2, 0.25) is 5.15 Å². The van der Waals surface area contributed by atoms with Gasteiger partial charge in [0.15, 0.2) is 34.9 Å². The van der Waals surface area contributed by atoms with Crippen LogP contribution in [0, 0.1) is 17.5 Å². The number of carbonyl (C=O) groups is 5. The zero-order chi connectivity index (χ0) is 97.5. The van der Waals surface area contributed by atoms with Crippen molar-refractivity contribution in [1.82, 2.24) is 29.7 Å². The number of aromatic nitrogens is 3. The van der Waals surface area contributed by atoms with Crippen LogP contribution in [0.15, 0.2) is 226 Å². The number of nitrogens with one attached hydrogen (secondary N) is 6. The predicted molar refractivity (Wildman–Crippen MR) is 517 cm³/mol. The van der Waals surface area contributed by atoms with Crippen molar-refractivity contribution < 1.29 is 94.0 Å². The molecule has 0 spiro atoms. The second-order valence-corrected chi connectivity index (χ2v) is 30.4. The van der Waals surface area contributed by atoms with Gasteiger partial charge >= 0.3 is 0 Å². The van der Waals surface area contributed by atoms with Gasteiger partial charge in [-0.05, 0) is 188 Å². The van der Waals surface area contributed by atoms with Crippen molar-refractivity contribution in [2.75, 3.05) is 153 Å². The number of benzene rings is 9. The number of halogens is 5. The number of fused-ring (bicyclic) bond motifs is 3. The van der Waals surface area contributed by atoms with Crippen molar-refractivity contribution in [3.8, 4) is 51.7 Å². The van der Waals surface area contributed by atoms with Gasteiger partial charge in [0.2, 0.25) is 11.1 Å². The van der Waals surface area contributed by atoms with E-state index in [-0.39, 0.29) is 131 Å². The summed E-state index contributed by atoms with van der Waals surface area (Å²) in [6.07, 6.45) is 2.20. The minimum atomic E-state index is -0.666. The summed E-state index contributed by atoms with van der Waals surface area (Å²) in [5, 5.41) is 17.4. The highest BCUT2D eigenvalue weighted by atomic mass is 35.5. The van der Waals surface area contributed by atoms with Gasteiger partial charge in [0.05, 0.1) is 98.8 Å². The fourth-order valence-electron chi connectivity index (χ4n) is 13.9. The number of ether oxygens (including phenoxy) is 12. The van der Waals surface area contributed by atoms with Gasteiger partial charge in [0, 0.05) is 144 Å². The third-order valence-electron chi connectivity index (χ3n) is 20.6. The van der Waals surface area contributed by atoms with Gasteiger partial charge in [-0.1, -0.05) is 43.0 Å². The van der Waals surface area contributed by atoms with E-state index in [4.69, 9.17) is 97.2 Å². The van der Waals surface area contributed by atoms with Crippen LogP contribution in [-0.4, -0.2) is 162 Å². The molecule has 0 aliphatic carbocycles. The summed E-state index contributed by atoms with van der Waals surface area (Å²) in [6.45, 7) is 10.1. The molecular formula is C99H102Cl2F3N15O17. The normalized spacial score (nSPS) is 11.8.